The van der Waals surface area contributed by atoms with Gasteiger partial charge in [-0.3, -0.25) is 4.79 Å². The summed E-state index contributed by atoms with van der Waals surface area (Å²) in [6, 6.07) is 3.62. The van der Waals surface area contributed by atoms with Gasteiger partial charge in [0.05, 0.1) is 0 Å². The number of carbonyl (C=O) groups is 1. The molecule has 0 saturated carbocycles. The number of aromatic nitrogens is 1. The molecular weight excluding hydrogens is 268 g/mol. The maximum absolute atomic E-state index is 11.5. The Bertz CT molecular complexity index is 353. The van der Waals surface area contributed by atoms with Crippen LogP contribution in [0.5, 0.6) is 0 Å². The highest BCUT2D eigenvalue weighted by Crippen LogP contribution is 2.13. The number of rotatable bonds is 5. The van der Waals surface area contributed by atoms with E-state index in [9.17, 15) is 4.79 Å². The van der Waals surface area contributed by atoms with Gasteiger partial charge >= 0.3 is 0 Å². The van der Waals surface area contributed by atoms with Crippen LogP contribution >= 0.6 is 15.9 Å². The number of nitrogens with zero attached hydrogens (tertiary/aromatic N) is 1. The molecule has 0 saturated heterocycles. The van der Waals surface area contributed by atoms with Crippen LogP contribution in [0.2, 0.25) is 0 Å². The highest BCUT2D eigenvalue weighted by molar-refractivity contribution is 9.10. The van der Waals surface area contributed by atoms with E-state index in [2.05, 4.69) is 40.1 Å². The fourth-order valence-corrected chi connectivity index (χ4v) is 1.68. The number of carbonyl (C=O) groups excluding carboxylic acids is 1. The molecule has 0 spiro atoms. The van der Waals surface area contributed by atoms with Crippen LogP contribution in [-0.4, -0.2) is 10.9 Å². The molecule has 1 rings (SSSR count). The molecule has 0 bridgehead atoms. The third-order valence-corrected chi connectivity index (χ3v) is 2.67. The summed E-state index contributed by atoms with van der Waals surface area (Å²) in [7, 11) is 0. The normalized spacial score (nSPS) is 10.5. The number of halogens is 1. The van der Waals surface area contributed by atoms with Gasteiger partial charge in [0.2, 0.25) is 5.91 Å². The molecule has 0 unspecified atom stereocenters. The summed E-state index contributed by atoms with van der Waals surface area (Å²) in [4.78, 5) is 15.6. The number of hydrogen-bond acceptors (Lipinski definition) is 2. The maximum Gasteiger partial charge on any atom is 0.225 e. The largest absolute Gasteiger partial charge is 0.311 e. The summed E-state index contributed by atoms with van der Waals surface area (Å²) in [6.07, 6.45) is 4.23. The lowest BCUT2D eigenvalue weighted by molar-refractivity contribution is -0.116. The van der Waals surface area contributed by atoms with Gasteiger partial charge < -0.3 is 5.32 Å². The fraction of sp³-hybridized carbons (Fsp3) is 0.500. The molecule has 0 aliphatic carbocycles. The minimum atomic E-state index is 0.0336. The Kier molecular flexibility index (Phi) is 5.46. The summed E-state index contributed by atoms with van der Waals surface area (Å²) < 4.78 is 0.917. The average Bonchev–Trinajstić information content (AvgIpc) is 2.16. The minimum absolute atomic E-state index is 0.0336. The van der Waals surface area contributed by atoms with Crippen molar-refractivity contribution in [3.63, 3.8) is 0 Å². The number of hydrogen-bond donors (Lipinski definition) is 1. The Morgan fingerprint density at radius 3 is 2.94 bits per heavy atom. The first-order chi connectivity index (χ1) is 7.58. The summed E-state index contributed by atoms with van der Waals surface area (Å²) in [5, 5.41) is 2.78. The quantitative estimate of drug-likeness (QED) is 0.898. The molecule has 4 heteroatoms. The lowest BCUT2D eigenvalue weighted by Gasteiger charge is -2.05. The summed E-state index contributed by atoms with van der Waals surface area (Å²) in [5.41, 5.74) is 0. The lowest BCUT2D eigenvalue weighted by atomic mass is 10.1. The van der Waals surface area contributed by atoms with Gasteiger partial charge in [0.25, 0.3) is 0 Å². The van der Waals surface area contributed by atoms with Crippen molar-refractivity contribution in [2.45, 2.75) is 33.1 Å². The van der Waals surface area contributed by atoms with E-state index in [4.69, 9.17) is 0 Å². The molecule has 0 aromatic carbocycles. The second-order valence-electron chi connectivity index (χ2n) is 4.19. The minimum Gasteiger partial charge on any atom is -0.311 e. The highest BCUT2D eigenvalue weighted by atomic mass is 79.9. The zero-order chi connectivity index (χ0) is 12.0. The van der Waals surface area contributed by atoms with E-state index in [1.807, 2.05) is 6.07 Å². The molecule has 1 N–H and O–H groups in total. The van der Waals surface area contributed by atoms with Crippen molar-refractivity contribution in [3.8, 4) is 0 Å². The number of nitrogens with one attached hydrogen (secondary N) is 1. The van der Waals surface area contributed by atoms with Crippen LogP contribution in [0.25, 0.3) is 0 Å². The summed E-state index contributed by atoms with van der Waals surface area (Å²) >= 11 is 3.33. The van der Waals surface area contributed by atoms with Crippen molar-refractivity contribution in [2.75, 3.05) is 5.32 Å². The van der Waals surface area contributed by atoms with E-state index in [0.29, 0.717) is 18.2 Å². The topological polar surface area (TPSA) is 42.0 Å². The van der Waals surface area contributed by atoms with Gasteiger partial charge in [-0.05, 0) is 24.5 Å². The second kappa shape index (κ2) is 6.63. The standard InChI is InChI=1S/C12H17BrN2O/c1-9(2)4-3-5-12(16)15-11-8-10(13)6-7-14-11/h6-9H,3-5H2,1-2H3,(H,14,15,16). The Hall–Kier alpha value is -0.900. The number of amides is 1. The maximum atomic E-state index is 11.5. The van der Waals surface area contributed by atoms with Crippen LogP contribution in [0.3, 0.4) is 0 Å². The van der Waals surface area contributed by atoms with Gasteiger partial charge in [0.15, 0.2) is 0 Å². The lowest BCUT2D eigenvalue weighted by Crippen LogP contribution is -2.12. The predicted molar refractivity (Wildman–Crippen MR) is 69.3 cm³/mol. The van der Waals surface area contributed by atoms with E-state index in [0.717, 1.165) is 17.3 Å². The first-order valence-electron chi connectivity index (χ1n) is 5.49. The predicted octanol–water partition coefficient (Wildman–Crippen LogP) is 3.61. The van der Waals surface area contributed by atoms with Crippen LogP contribution in [0, 0.1) is 5.92 Å². The molecule has 1 heterocycles. The molecule has 16 heavy (non-hydrogen) atoms. The first kappa shape index (κ1) is 13.2. The molecule has 0 fully saturated rings. The Morgan fingerprint density at radius 2 is 2.31 bits per heavy atom. The molecule has 0 aliphatic rings. The molecule has 3 nitrogen and oxygen atoms in total. The molecule has 1 aromatic rings. The number of anilines is 1. The SMILES string of the molecule is CC(C)CCCC(=O)Nc1cc(Br)ccn1. The van der Waals surface area contributed by atoms with Crippen molar-refractivity contribution >= 4 is 27.7 Å². The smallest absolute Gasteiger partial charge is 0.225 e. The van der Waals surface area contributed by atoms with Crippen LogP contribution in [0.4, 0.5) is 5.82 Å². The van der Waals surface area contributed by atoms with Gasteiger partial charge in [-0.25, -0.2) is 4.98 Å². The van der Waals surface area contributed by atoms with Gasteiger partial charge in [0, 0.05) is 17.1 Å². The van der Waals surface area contributed by atoms with E-state index in [1.54, 1.807) is 12.3 Å². The van der Waals surface area contributed by atoms with Crippen molar-refractivity contribution in [2.24, 2.45) is 5.92 Å². The highest BCUT2D eigenvalue weighted by Gasteiger charge is 2.04. The Morgan fingerprint density at radius 1 is 1.56 bits per heavy atom. The van der Waals surface area contributed by atoms with Crippen molar-refractivity contribution in [3.05, 3.63) is 22.8 Å². The molecule has 88 valence electrons. The van der Waals surface area contributed by atoms with Gasteiger partial charge in [-0.2, -0.15) is 0 Å². The van der Waals surface area contributed by atoms with Crippen LogP contribution in [-0.2, 0) is 4.79 Å². The van der Waals surface area contributed by atoms with Crippen molar-refractivity contribution < 1.29 is 4.79 Å². The van der Waals surface area contributed by atoms with Gasteiger partial charge in [0.1, 0.15) is 5.82 Å². The monoisotopic (exact) mass is 284 g/mol. The zero-order valence-electron chi connectivity index (χ0n) is 9.66. The zero-order valence-corrected chi connectivity index (χ0v) is 11.3. The fourth-order valence-electron chi connectivity index (χ4n) is 1.35. The molecule has 0 radical (unpaired) electrons. The molecular formula is C12H17BrN2O. The first-order valence-corrected chi connectivity index (χ1v) is 6.28. The van der Waals surface area contributed by atoms with Gasteiger partial charge in [-0.1, -0.05) is 36.2 Å². The molecule has 0 aliphatic heterocycles. The van der Waals surface area contributed by atoms with E-state index in [1.165, 1.54) is 0 Å². The summed E-state index contributed by atoms with van der Waals surface area (Å²) in [6.45, 7) is 4.32. The van der Waals surface area contributed by atoms with Gasteiger partial charge in [-0.15, -0.1) is 0 Å². The third kappa shape index (κ3) is 5.26. The van der Waals surface area contributed by atoms with E-state index in [-0.39, 0.29) is 5.91 Å². The van der Waals surface area contributed by atoms with Crippen LogP contribution in [0.15, 0.2) is 22.8 Å². The molecule has 0 atom stereocenters. The van der Waals surface area contributed by atoms with E-state index >= 15 is 0 Å². The average molecular weight is 285 g/mol. The van der Waals surface area contributed by atoms with E-state index < -0.39 is 0 Å². The third-order valence-electron chi connectivity index (χ3n) is 2.17. The van der Waals surface area contributed by atoms with Crippen LogP contribution < -0.4 is 5.32 Å². The van der Waals surface area contributed by atoms with Crippen molar-refractivity contribution in [1.82, 2.24) is 4.98 Å². The second-order valence-corrected chi connectivity index (χ2v) is 5.11. The number of pyridine rings is 1. The molecule has 1 amide bonds. The van der Waals surface area contributed by atoms with Crippen molar-refractivity contribution in [1.29, 1.82) is 0 Å². The van der Waals surface area contributed by atoms with Crippen LogP contribution in [0.1, 0.15) is 33.1 Å². The Labute approximate surface area is 105 Å². The molecule has 1 aromatic heterocycles. The Balaban J connectivity index is 2.34. The summed E-state index contributed by atoms with van der Waals surface area (Å²) in [5.74, 6) is 1.28.